The van der Waals surface area contributed by atoms with Crippen LogP contribution in [-0.2, 0) is 16.4 Å². The van der Waals surface area contributed by atoms with Crippen LogP contribution in [0.25, 0.3) is 5.52 Å². The van der Waals surface area contributed by atoms with Gasteiger partial charge < -0.3 is 24.7 Å². The fourth-order valence-corrected chi connectivity index (χ4v) is 4.99. The molecule has 0 aromatic carbocycles. The summed E-state index contributed by atoms with van der Waals surface area (Å²) in [6.07, 6.45) is -4.27. The summed E-state index contributed by atoms with van der Waals surface area (Å²) in [5.74, 6) is 3.74. The molecule has 0 aliphatic carbocycles. The van der Waals surface area contributed by atoms with Crippen LogP contribution in [0, 0.1) is 11.8 Å². The van der Waals surface area contributed by atoms with Crippen LogP contribution in [0.2, 0.25) is 0 Å². The SMILES string of the molecule is [2H]C([2H])([2H])Oc1nc(C(=O)NS(C)(=O)=O)ccc1NCC#Cc1cc2c(N[C@@H]3CCN(C)C[C@@H]3F)cccn2c1CC(F)(F)F. The number of methoxy groups -OCH3 is 1. The maximum atomic E-state index is 14.7. The number of amides is 1. The molecule has 4 rings (SSSR count). The van der Waals surface area contributed by atoms with Crippen molar-refractivity contribution in [1.82, 2.24) is 19.0 Å². The summed E-state index contributed by atoms with van der Waals surface area (Å²) in [5.41, 5.74) is 0.329. The van der Waals surface area contributed by atoms with Gasteiger partial charge in [0, 0.05) is 30.5 Å². The molecule has 1 saturated heterocycles. The molecule has 1 fully saturated rings. The van der Waals surface area contributed by atoms with Gasteiger partial charge >= 0.3 is 6.18 Å². The monoisotopic (exact) mass is 613 g/mol. The van der Waals surface area contributed by atoms with Crippen molar-refractivity contribution in [2.24, 2.45) is 0 Å². The predicted molar refractivity (Wildman–Crippen MR) is 150 cm³/mol. The minimum atomic E-state index is -4.55. The zero-order chi connectivity index (χ0) is 33.2. The average Bonchev–Trinajstić information content (AvgIpc) is 3.23. The molecule has 0 radical (unpaired) electrons. The summed E-state index contributed by atoms with van der Waals surface area (Å²) < 4.78 is 108. The number of pyridine rings is 2. The van der Waals surface area contributed by atoms with Crippen molar-refractivity contribution in [2.75, 3.05) is 50.6 Å². The van der Waals surface area contributed by atoms with Gasteiger partial charge in [-0.2, -0.15) is 13.2 Å². The minimum Gasteiger partial charge on any atom is -0.480 e. The van der Waals surface area contributed by atoms with Crippen molar-refractivity contribution in [3.63, 3.8) is 0 Å². The molecule has 15 heteroatoms. The van der Waals surface area contributed by atoms with Gasteiger partial charge in [0.25, 0.3) is 5.91 Å². The molecule has 1 amide bonds. The molecule has 0 spiro atoms. The Balaban J connectivity index is 1.61. The molecule has 1 aliphatic heterocycles. The number of anilines is 2. The predicted octanol–water partition coefficient (Wildman–Crippen LogP) is 3.05. The highest BCUT2D eigenvalue weighted by Crippen LogP contribution is 2.30. The van der Waals surface area contributed by atoms with Crippen LogP contribution in [0.3, 0.4) is 0 Å². The fourth-order valence-electron chi connectivity index (χ4n) is 4.55. The average molecular weight is 614 g/mol. The molecule has 0 bridgehead atoms. The molecule has 0 unspecified atom stereocenters. The third-order valence-corrected chi connectivity index (χ3v) is 6.98. The van der Waals surface area contributed by atoms with Gasteiger partial charge in [0.1, 0.15) is 11.9 Å². The highest BCUT2D eigenvalue weighted by molar-refractivity contribution is 7.89. The zero-order valence-corrected chi connectivity index (χ0v) is 23.4. The number of sulfonamides is 1. The van der Waals surface area contributed by atoms with E-state index < -0.39 is 59.4 Å². The van der Waals surface area contributed by atoms with Gasteiger partial charge in [0.05, 0.1) is 53.3 Å². The molecule has 3 aromatic heterocycles. The second kappa shape index (κ2) is 12.5. The molecular formula is C27H30F4N6O4S. The first-order chi connectivity index (χ1) is 20.9. The Bertz CT molecular complexity index is 1740. The largest absolute Gasteiger partial charge is 0.480 e. The van der Waals surface area contributed by atoms with E-state index in [4.69, 9.17) is 8.85 Å². The molecule has 2 atom stereocenters. The highest BCUT2D eigenvalue weighted by atomic mass is 32.2. The molecule has 3 aromatic rings. The zero-order valence-electron chi connectivity index (χ0n) is 25.5. The topological polar surface area (TPSA) is 117 Å². The number of nitrogens with zero attached hydrogens (tertiary/aromatic N) is 3. The van der Waals surface area contributed by atoms with Gasteiger partial charge in [-0.3, -0.25) is 4.79 Å². The van der Waals surface area contributed by atoms with Crippen LogP contribution in [0.5, 0.6) is 5.88 Å². The quantitative estimate of drug-likeness (QED) is 0.262. The van der Waals surface area contributed by atoms with Crippen LogP contribution < -0.4 is 20.1 Å². The van der Waals surface area contributed by atoms with Crippen LogP contribution in [-0.4, -0.2) is 87.0 Å². The maximum Gasteiger partial charge on any atom is 0.394 e. The third-order valence-electron chi connectivity index (χ3n) is 6.43. The van der Waals surface area contributed by atoms with E-state index in [1.807, 2.05) is 11.9 Å². The third kappa shape index (κ3) is 7.83. The lowest BCUT2D eigenvalue weighted by Crippen LogP contribution is -2.46. The number of fused-ring (bicyclic) bond motifs is 1. The van der Waals surface area contributed by atoms with Crippen LogP contribution in [0.15, 0.2) is 36.5 Å². The van der Waals surface area contributed by atoms with Gasteiger partial charge in [-0.15, -0.1) is 0 Å². The molecule has 0 saturated carbocycles. The van der Waals surface area contributed by atoms with Gasteiger partial charge in [0.2, 0.25) is 15.9 Å². The first kappa shape index (κ1) is 26.8. The van der Waals surface area contributed by atoms with E-state index >= 15 is 0 Å². The number of halogens is 4. The summed E-state index contributed by atoms with van der Waals surface area (Å²) in [6, 6.07) is 6.53. The molecule has 42 heavy (non-hydrogen) atoms. The molecule has 10 nitrogen and oxygen atoms in total. The number of alkyl halides is 4. The number of piperidine rings is 1. The Morgan fingerprint density at radius 1 is 1.29 bits per heavy atom. The smallest absolute Gasteiger partial charge is 0.394 e. The number of hydrogen-bond donors (Lipinski definition) is 3. The number of likely N-dealkylation sites (tertiary alicyclic amines) is 1. The lowest BCUT2D eigenvalue weighted by molar-refractivity contribution is -0.128. The fraction of sp³-hybridized carbons (Fsp3) is 0.407. The Kier molecular flexibility index (Phi) is 7.96. The van der Waals surface area contributed by atoms with Gasteiger partial charge in [-0.05, 0) is 43.8 Å². The Morgan fingerprint density at radius 3 is 2.76 bits per heavy atom. The minimum absolute atomic E-state index is 0.0284. The molecule has 3 N–H and O–H groups in total. The van der Waals surface area contributed by atoms with E-state index in [1.54, 1.807) is 16.9 Å². The van der Waals surface area contributed by atoms with Crippen LogP contribution in [0.1, 0.15) is 32.3 Å². The summed E-state index contributed by atoms with van der Waals surface area (Å²) in [4.78, 5) is 17.8. The first-order valence-electron chi connectivity index (χ1n) is 14.1. The van der Waals surface area contributed by atoms with Crippen molar-refractivity contribution < 1.29 is 39.6 Å². The standard InChI is InChI=1S/C27H30F4N6O4S/c1-36-13-10-19(18(28)16-36)33-20-7-5-12-37-23(20)14-17(24(37)15-27(29,30)31)6-4-11-32-22-9-8-21(34-26(22)41-2)25(38)35-42(3,39)40/h5,7-9,12,14,18-19,32-33H,10-11,13,15-16H2,1-3H3,(H,35,38)/t18-,19+/m0/s1/i2D3. The second-order valence-corrected chi connectivity index (χ2v) is 11.5. The molecular weight excluding hydrogens is 580 g/mol. The number of hydrogen-bond acceptors (Lipinski definition) is 8. The summed E-state index contributed by atoms with van der Waals surface area (Å²) in [6.45, 7) is 0.683. The van der Waals surface area contributed by atoms with Crippen molar-refractivity contribution >= 4 is 32.8 Å². The van der Waals surface area contributed by atoms with Crippen LogP contribution in [0.4, 0.5) is 28.9 Å². The Morgan fingerprint density at radius 2 is 2.07 bits per heavy atom. The molecule has 226 valence electrons. The summed E-state index contributed by atoms with van der Waals surface area (Å²) in [7, 11) is -5.11. The van der Waals surface area contributed by atoms with E-state index in [9.17, 15) is 30.8 Å². The van der Waals surface area contributed by atoms with E-state index in [0.29, 0.717) is 24.2 Å². The normalized spacial score (nSPS) is 19.1. The summed E-state index contributed by atoms with van der Waals surface area (Å²) >= 11 is 0. The van der Waals surface area contributed by atoms with E-state index in [2.05, 4.69) is 27.5 Å². The number of ether oxygens (including phenoxy) is 1. The highest BCUT2D eigenvalue weighted by Gasteiger charge is 2.32. The van der Waals surface area contributed by atoms with Crippen molar-refractivity contribution in [2.45, 2.75) is 31.2 Å². The Hall–Kier alpha value is -4.03. The van der Waals surface area contributed by atoms with E-state index in [-0.39, 0.29) is 30.0 Å². The van der Waals surface area contributed by atoms with Gasteiger partial charge in [0.15, 0.2) is 0 Å². The number of aromatic nitrogens is 2. The molecule has 4 heterocycles. The van der Waals surface area contributed by atoms with Gasteiger partial charge in [-0.25, -0.2) is 22.5 Å². The van der Waals surface area contributed by atoms with E-state index in [1.165, 1.54) is 22.7 Å². The number of nitrogens with one attached hydrogen (secondary N) is 3. The first-order valence-corrected chi connectivity index (χ1v) is 14.5. The summed E-state index contributed by atoms with van der Waals surface area (Å²) in [5, 5.41) is 5.89. The van der Waals surface area contributed by atoms with E-state index in [0.717, 1.165) is 12.3 Å². The van der Waals surface area contributed by atoms with Crippen LogP contribution >= 0.6 is 0 Å². The maximum absolute atomic E-state index is 14.7. The lowest BCUT2D eigenvalue weighted by Gasteiger charge is -2.33. The number of carbonyl (C=O) groups is 1. The Labute approximate surface area is 244 Å². The second-order valence-electron chi connectivity index (χ2n) is 9.80. The van der Waals surface area contributed by atoms with Crippen molar-refractivity contribution in [3.05, 3.63) is 53.5 Å². The van der Waals surface area contributed by atoms with Gasteiger partial charge in [-0.1, -0.05) is 11.8 Å². The lowest BCUT2D eigenvalue weighted by atomic mass is 10.0. The molecule has 1 aliphatic rings. The van der Waals surface area contributed by atoms with Crippen molar-refractivity contribution in [1.29, 1.82) is 0 Å². The van der Waals surface area contributed by atoms with Crippen molar-refractivity contribution in [3.8, 4) is 17.7 Å². The number of rotatable bonds is 8. The number of carbonyl (C=O) groups excluding carboxylic acids is 1.